The molecule has 0 heterocycles. The lowest BCUT2D eigenvalue weighted by Gasteiger charge is -2.19. The molecular formula is C22H25N3O7. The molecule has 0 unspecified atom stereocenters. The third kappa shape index (κ3) is 6.53. The van der Waals surface area contributed by atoms with E-state index in [1.165, 1.54) is 19.2 Å². The van der Waals surface area contributed by atoms with Gasteiger partial charge in [-0.15, -0.1) is 0 Å². The van der Waals surface area contributed by atoms with Crippen molar-refractivity contribution in [2.75, 3.05) is 13.7 Å². The van der Waals surface area contributed by atoms with Crippen LogP contribution in [0.15, 0.2) is 41.5 Å². The molecular weight excluding hydrogens is 418 g/mol. The van der Waals surface area contributed by atoms with Gasteiger partial charge in [-0.1, -0.05) is 32.9 Å². The van der Waals surface area contributed by atoms with Gasteiger partial charge < -0.3 is 14.2 Å². The Labute approximate surface area is 185 Å². The van der Waals surface area contributed by atoms with Crippen LogP contribution in [0.25, 0.3) is 0 Å². The second-order valence-corrected chi connectivity index (χ2v) is 7.74. The Morgan fingerprint density at radius 1 is 1.16 bits per heavy atom. The van der Waals surface area contributed by atoms with Gasteiger partial charge >= 0.3 is 11.7 Å². The SMILES string of the molecule is COc1c(OC(C)=O)ccc(/C=N\NC(=O)COc2ccc(C(C)(C)C)cc2)c1[N+](=O)[O-]. The number of nitro benzene ring substituents is 1. The van der Waals surface area contributed by atoms with E-state index < -0.39 is 22.5 Å². The fraction of sp³-hybridized carbons (Fsp3) is 0.318. The van der Waals surface area contributed by atoms with Crippen LogP contribution in [0, 0.1) is 10.1 Å². The van der Waals surface area contributed by atoms with E-state index in [1.54, 1.807) is 12.1 Å². The predicted octanol–water partition coefficient (Wildman–Crippen LogP) is 3.36. The molecule has 10 nitrogen and oxygen atoms in total. The number of nitrogens with one attached hydrogen (secondary N) is 1. The summed E-state index contributed by atoms with van der Waals surface area (Å²) in [5.74, 6) is -1.01. The quantitative estimate of drug-likeness (QED) is 0.218. The number of esters is 1. The molecule has 2 aromatic carbocycles. The Morgan fingerprint density at radius 3 is 2.34 bits per heavy atom. The molecule has 0 aliphatic heterocycles. The van der Waals surface area contributed by atoms with Gasteiger partial charge in [-0.3, -0.25) is 19.7 Å². The number of nitrogens with zero attached hydrogens (tertiary/aromatic N) is 2. The highest BCUT2D eigenvalue weighted by Gasteiger charge is 2.25. The maximum Gasteiger partial charge on any atom is 0.323 e. The van der Waals surface area contributed by atoms with Crippen LogP contribution < -0.4 is 19.6 Å². The molecule has 0 bridgehead atoms. The van der Waals surface area contributed by atoms with Gasteiger partial charge in [0.25, 0.3) is 5.91 Å². The van der Waals surface area contributed by atoms with Gasteiger partial charge in [-0.2, -0.15) is 5.10 Å². The van der Waals surface area contributed by atoms with Gasteiger partial charge in [0.1, 0.15) is 5.75 Å². The number of hydrogen-bond acceptors (Lipinski definition) is 8. The standard InChI is InChI=1S/C22H25N3O7/c1-14(26)32-18-11-6-15(20(25(28)29)21(18)30-5)12-23-24-19(27)13-31-17-9-7-16(8-10-17)22(2,3)4/h6-12H,13H2,1-5H3,(H,24,27)/b23-12-. The summed E-state index contributed by atoms with van der Waals surface area (Å²) in [6.07, 6.45) is 1.09. The van der Waals surface area contributed by atoms with Crippen molar-refractivity contribution in [3.63, 3.8) is 0 Å². The molecule has 0 fully saturated rings. The zero-order valence-corrected chi connectivity index (χ0v) is 18.5. The highest BCUT2D eigenvalue weighted by molar-refractivity contribution is 5.90. The Hall–Kier alpha value is -3.95. The van der Waals surface area contributed by atoms with Crippen LogP contribution in [0.1, 0.15) is 38.8 Å². The van der Waals surface area contributed by atoms with Crippen LogP contribution in [0.2, 0.25) is 0 Å². The first-order chi connectivity index (χ1) is 15.0. The first-order valence-corrected chi connectivity index (χ1v) is 9.62. The van der Waals surface area contributed by atoms with E-state index >= 15 is 0 Å². The van der Waals surface area contributed by atoms with Crippen molar-refractivity contribution in [1.82, 2.24) is 5.43 Å². The van der Waals surface area contributed by atoms with Crippen LogP contribution in [0.5, 0.6) is 17.2 Å². The van der Waals surface area contributed by atoms with E-state index in [4.69, 9.17) is 14.2 Å². The number of amides is 1. The van der Waals surface area contributed by atoms with Crippen LogP contribution in [-0.2, 0) is 15.0 Å². The van der Waals surface area contributed by atoms with Gasteiger partial charge in [0.15, 0.2) is 12.4 Å². The molecule has 0 aliphatic rings. The molecule has 2 aromatic rings. The Bertz CT molecular complexity index is 1030. The smallest absolute Gasteiger partial charge is 0.323 e. The van der Waals surface area contributed by atoms with Crippen molar-refractivity contribution in [3.05, 3.63) is 57.6 Å². The van der Waals surface area contributed by atoms with E-state index in [0.717, 1.165) is 18.7 Å². The monoisotopic (exact) mass is 443 g/mol. The third-order valence-corrected chi connectivity index (χ3v) is 4.25. The minimum absolute atomic E-state index is 0.00626. The Kier molecular flexibility index (Phi) is 7.89. The first-order valence-electron chi connectivity index (χ1n) is 9.62. The predicted molar refractivity (Wildman–Crippen MR) is 117 cm³/mol. The van der Waals surface area contributed by atoms with E-state index in [-0.39, 0.29) is 29.1 Å². The highest BCUT2D eigenvalue weighted by Crippen LogP contribution is 2.39. The molecule has 0 spiro atoms. The maximum atomic E-state index is 12.0. The van der Waals surface area contributed by atoms with Crippen LogP contribution >= 0.6 is 0 Å². The normalized spacial score (nSPS) is 11.2. The molecule has 0 saturated carbocycles. The molecule has 0 aliphatic carbocycles. The van der Waals surface area contributed by atoms with E-state index in [1.807, 2.05) is 12.1 Å². The summed E-state index contributed by atoms with van der Waals surface area (Å²) in [5, 5.41) is 15.2. The number of carbonyl (C=O) groups is 2. The molecule has 32 heavy (non-hydrogen) atoms. The van der Waals surface area contributed by atoms with Crippen molar-refractivity contribution in [3.8, 4) is 17.2 Å². The fourth-order valence-electron chi connectivity index (χ4n) is 2.70. The average Bonchev–Trinajstić information content (AvgIpc) is 2.71. The van der Waals surface area contributed by atoms with E-state index in [9.17, 15) is 19.7 Å². The van der Waals surface area contributed by atoms with E-state index in [2.05, 4.69) is 31.3 Å². The molecule has 0 radical (unpaired) electrons. The van der Waals surface area contributed by atoms with Gasteiger partial charge in [-0.25, -0.2) is 5.43 Å². The Morgan fingerprint density at radius 2 is 1.81 bits per heavy atom. The van der Waals surface area contributed by atoms with Crippen LogP contribution in [-0.4, -0.2) is 36.7 Å². The number of benzene rings is 2. The van der Waals surface area contributed by atoms with Gasteiger partial charge in [0.05, 0.1) is 23.8 Å². The highest BCUT2D eigenvalue weighted by atomic mass is 16.6. The summed E-state index contributed by atoms with van der Waals surface area (Å²) >= 11 is 0. The lowest BCUT2D eigenvalue weighted by molar-refractivity contribution is -0.385. The summed E-state index contributed by atoms with van der Waals surface area (Å²) in [7, 11) is 1.21. The average molecular weight is 443 g/mol. The van der Waals surface area contributed by atoms with Crippen LogP contribution in [0.4, 0.5) is 5.69 Å². The molecule has 170 valence electrons. The third-order valence-electron chi connectivity index (χ3n) is 4.25. The summed E-state index contributed by atoms with van der Waals surface area (Å²) in [6, 6.07) is 10.1. The lowest BCUT2D eigenvalue weighted by Crippen LogP contribution is -2.24. The van der Waals surface area contributed by atoms with Crippen molar-refractivity contribution in [1.29, 1.82) is 0 Å². The number of ether oxygens (including phenoxy) is 3. The summed E-state index contributed by atoms with van der Waals surface area (Å²) in [6.45, 7) is 7.16. The van der Waals surface area contributed by atoms with Crippen molar-refractivity contribution in [2.45, 2.75) is 33.1 Å². The van der Waals surface area contributed by atoms with Crippen molar-refractivity contribution in [2.24, 2.45) is 5.10 Å². The van der Waals surface area contributed by atoms with Gasteiger partial charge in [0, 0.05) is 6.92 Å². The fourth-order valence-corrected chi connectivity index (χ4v) is 2.70. The van der Waals surface area contributed by atoms with Crippen molar-refractivity contribution >= 4 is 23.8 Å². The second-order valence-electron chi connectivity index (χ2n) is 7.74. The summed E-state index contributed by atoms with van der Waals surface area (Å²) in [5.41, 5.74) is 2.97. The summed E-state index contributed by atoms with van der Waals surface area (Å²) in [4.78, 5) is 34.0. The Balaban J connectivity index is 2.04. The molecule has 1 N–H and O–H groups in total. The molecule has 1 amide bonds. The second kappa shape index (κ2) is 10.4. The molecule has 2 rings (SSSR count). The van der Waals surface area contributed by atoms with Crippen molar-refractivity contribution < 1.29 is 28.7 Å². The number of methoxy groups -OCH3 is 1. The molecule has 10 heteroatoms. The first kappa shape index (κ1) is 24.3. The number of rotatable bonds is 8. The zero-order chi connectivity index (χ0) is 23.9. The number of hydrazone groups is 1. The summed E-state index contributed by atoms with van der Waals surface area (Å²) < 4.78 is 15.4. The number of hydrogen-bond donors (Lipinski definition) is 1. The lowest BCUT2D eigenvalue weighted by atomic mass is 9.87. The molecule has 0 aromatic heterocycles. The number of carbonyl (C=O) groups excluding carboxylic acids is 2. The van der Waals surface area contributed by atoms with Gasteiger partial charge in [-0.05, 0) is 35.2 Å². The molecule has 0 saturated heterocycles. The topological polar surface area (TPSA) is 129 Å². The zero-order valence-electron chi connectivity index (χ0n) is 18.5. The minimum atomic E-state index is -0.695. The largest absolute Gasteiger partial charge is 0.488 e. The minimum Gasteiger partial charge on any atom is -0.488 e. The molecule has 0 atom stereocenters. The number of nitro groups is 1. The van der Waals surface area contributed by atoms with E-state index in [0.29, 0.717) is 5.75 Å². The van der Waals surface area contributed by atoms with Gasteiger partial charge in [0.2, 0.25) is 5.75 Å². The maximum absolute atomic E-state index is 12.0. The van der Waals surface area contributed by atoms with Crippen LogP contribution in [0.3, 0.4) is 0 Å².